The van der Waals surface area contributed by atoms with Crippen LogP contribution in [0.25, 0.3) is 6.08 Å². The zero-order valence-corrected chi connectivity index (χ0v) is 16.8. The van der Waals surface area contributed by atoms with Gasteiger partial charge in [0.05, 0.1) is 0 Å². The van der Waals surface area contributed by atoms with Crippen molar-refractivity contribution in [1.82, 2.24) is 0 Å². The van der Waals surface area contributed by atoms with E-state index in [4.69, 9.17) is 0 Å². The maximum Gasteiger partial charge on any atom is -1.00 e. The van der Waals surface area contributed by atoms with Gasteiger partial charge in [-0.05, 0) is 0 Å². The summed E-state index contributed by atoms with van der Waals surface area (Å²) < 4.78 is 5.90. The summed E-state index contributed by atoms with van der Waals surface area (Å²) in [5, 5.41) is 0. The quantitative estimate of drug-likeness (QED) is 0.637. The molecule has 0 saturated carbocycles. The summed E-state index contributed by atoms with van der Waals surface area (Å²) in [7, 11) is 0. The number of allylic oxidation sites excluding steroid dienone is 5. The van der Waals surface area contributed by atoms with Gasteiger partial charge in [-0.3, -0.25) is 0 Å². The maximum absolute atomic E-state index is 2.56. The third-order valence-corrected chi connectivity index (χ3v) is 13.4. The third kappa shape index (κ3) is 3.29. The molecule has 1 fully saturated rings. The van der Waals surface area contributed by atoms with Gasteiger partial charge in [-0.2, -0.15) is 0 Å². The molecule has 0 amide bonds. The number of fused-ring (bicyclic) bond motifs is 1. The molecule has 1 aliphatic heterocycles. The van der Waals surface area contributed by atoms with Gasteiger partial charge >= 0.3 is 132 Å². The van der Waals surface area contributed by atoms with E-state index < -0.39 is 16.6 Å². The van der Waals surface area contributed by atoms with Crippen molar-refractivity contribution in [3.63, 3.8) is 0 Å². The van der Waals surface area contributed by atoms with Gasteiger partial charge in [0.25, 0.3) is 0 Å². The minimum absolute atomic E-state index is 0. The third-order valence-electron chi connectivity index (χ3n) is 5.61. The van der Waals surface area contributed by atoms with Crippen molar-refractivity contribution in [3.05, 3.63) is 63.1 Å². The van der Waals surface area contributed by atoms with Gasteiger partial charge in [-0.1, -0.05) is 0 Å². The maximum atomic E-state index is 2.56. The van der Waals surface area contributed by atoms with E-state index in [0.29, 0.717) is 0 Å². The van der Waals surface area contributed by atoms with Crippen LogP contribution in [0.5, 0.6) is 0 Å². The van der Waals surface area contributed by atoms with Crippen molar-refractivity contribution in [1.29, 1.82) is 0 Å². The predicted octanol–water partition coefficient (Wildman–Crippen LogP) is 0.171. The average Bonchev–Trinajstić information content (AvgIpc) is 3.00. The fourth-order valence-corrected chi connectivity index (χ4v) is 13.2. The first kappa shape index (κ1) is 19.1. The van der Waals surface area contributed by atoms with Gasteiger partial charge in [0.1, 0.15) is 0 Å². The van der Waals surface area contributed by atoms with Crippen LogP contribution in [0.15, 0.2) is 51.9 Å². The number of unbranched alkanes of at least 4 members (excludes halogenated alkanes) is 1. The Hall–Kier alpha value is -0.266. The minimum atomic E-state index is -1.81. The average molecular weight is 383 g/mol. The molecular formula is C20H24Cl2Ti. The van der Waals surface area contributed by atoms with Gasteiger partial charge in [0, 0.05) is 0 Å². The Morgan fingerprint density at radius 3 is 2.61 bits per heavy atom. The van der Waals surface area contributed by atoms with E-state index in [-0.39, 0.29) is 24.8 Å². The summed E-state index contributed by atoms with van der Waals surface area (Å²) in [4.78, 5) is 0. The Morgan fingerprint density at radius 1 is 1.09 bits per heavy atom. The first-order chi connectivity index (χ1) is 10.3. The number of hydrogen-bond donors (Lipinski definition) is 0. The fraction of sp³-hybridized carbons (Fsp3) is 0.400. The predicted molar refractivity (Wildman–Crippen MR) is 88.1 cm³/mol. The molecule has 4 rings (SSSR count). The molecule has 0 spiro atoms. The van der Waals surface area contributed by atoms with Crippen LogP contribution >= 0.6 is 0 Å². The van der Waals surface area contributed by atoms with Crippen LogP contribution in [0.1, 0.15) is 48.0 Å². The second-order valence-electron chi connectivity index (χ2n) is 6.84. The Morgan fingerprint density at radius 2 is 1.87 bits per heavy atom. The second-order valence-corrected chi connectivity index (χ2v) is 13.9. The Bertz CT molecular complexity index is 653. The number of benzene rings is 1. The molecule has 1 unspecified atom stereocenters. The zero-order valence-electron chi connectivity index (χ0n) is 13.7. The fourth-order valence-electron chi connectivity index (χ4n) is 4.34. The van der Waals surface area contributed by atoms with Crippen molar-refractivity contribution in [2.75, 3.05) is 0 Å². The molecule has 1 saturated heterocycles. The first-order valence-electron chi connectivity index (χ1n) is 8.51. The van der Waals surface area contributed by atoms with Gasteiger partial charge in [0.15, 0.2) is 0 Å². The molecule has 0 aromatic heterocycles. The number of rotatable bonds is 5. The van der Waals surface area contributed by atoms with E-state index in [1.54, 1.807) is 20.6 Å². The van der Waals surface area contributed by atoms with Crippen molar-refractivity contribution in [2.45, 2.75) is 46.3 Å². The summed E-state index contributed by atoms with van der Waals surface area (Å²) in [6, 6.07) is 9.10. The van der Waals surface area contributed by atoms with Gasteiger partial charge in [0.2, 0.25) is 0 Å². The molecule has 3 heteroatoms. The Kier molecular flexibility index (Phi) is 6.42. The van der Waals surface area contributed by atoms with Crippen molar-refractivity contribution < 1.29 is 41.4 Å². The Balaban J connectivity index is 0.000000960. The molecular weight excluding hydrogens is 359 g/mol. The van der Waals surface area contributed by atoms with Gasteiger partial charge in [-0.25, -0.2) is 0 Å². The van der Waals surface area contributed by atoms with E-state index in [0.717, 1.165) is 4.22 Å². The summed E-state index contributed by atoms with van der Waals surface area (Å²) in [6.45, 7) is 2.31. The summed E-state index contributed by atoms with van der Waals surface area (Å²) in [5.41, 5.74) is 4.87. The zero-order chi connectivity index (χ0) is 14.3. The molecule has 0 nitrogen and oxygen atoms in total. The SMILES string of the molecule is CCCCC1=[C]([Ti+2]2([CH]3C=Cc4ccccc43)[CH2][CH2]2)CC=C1.[Cl-].[Cl-]. The summed E-state index contributed by atoms with van der Waals surface area (Å²) >= 11 is -1.81. The van der Waals surface area contributed by atoms with E-state index >= 15 is 0 Å². The van der Waals surface area contributed by atoms with Crippen molar-refractivity contribution in [2.24, 2.45) is 0 Å². The van der Waals surface area contributed by atoms with Crippen LogP contribution < -0.4 is 24.8 Å². The molecule has 2 aliphatic carbocycles. The molecule has 0 bridgehead atoms. The molecule has 23 heavy (non-hydrogen) atoms. The van der Waals surface area contributed by atoms with Crippen LogP contribution in [-0.2, 0) is 16.6 Å². The van der Waals surface area contributed by atoms with E-state index in [9.17, 15) is 0 Å². The minimum Gasteiger partial charge on any atom is -1.00 e. The van der Waals surface area contributed by atoms with Crippen LogP contribution in [0, 0.1) is 0 Å². The normalized spacial score (nSPS) is 21.2. The summed E-state index contributed by atoms with van der Waals surface area (Å²) in [6.07, 6.45) is 15.1. The molecule has 1 heterocycles. The van der Waals surface area contributed by atoms with Crippen molar-refractivity contribution in [3.8, 4) is 0 Å². The Labute approximate surface area is 156 Å². The molecule has 1 atom stereocenters. The van der Waals surface area contributed by atoms with Gasteiger partial charge in [-0.15, -0.1) is 0 Å². The topological polar surface area (TPSA) is 0 Å². The largest absolute Gasteiger partial charge is 1.00 e. The van der Waals surface area contributed by atoms with Crippen molar-refractivity contribution >= 4 is 6.08 Å². The van der Waals surface area contributed by atoms with Gasteiger partial charge < -0.3 is 24.8 Å². The van der Waals surface area contributed by atoms with E-state index in [1.165, 1.54) is 31.2 Å². The monoisotopic (exact) mass is 382 g/mol. The van der Waals surface area contributed by atoms with Crippen LogP contribution in [-0.4, -0.2) is 0 Å². The molecule has 1 aromatic rings. The summed E-state index contributed by atoms with van der Waals surface area (Å²) in [5.74, 6) is 0. The van der Waals surface area contributed by atoms with E-state index in [2.05, 4.69) is 55.5 Å². The molecule has 3 aliphatic rings. The molecule has 1 aromatic carbocycles. The van der Waals surface area contributed by atoms with Crippen LogP contribution in [0.3, 0.4) is 0 Å². The molecule has 0 N–H and O–H groups in total. The smallest absolute Gasteiger partial charge is 1.00 e. The molecule has 122 valence electrons. The van der Waals surface area contributed by atoms with E-state index in [1.807, 2.05) is 3.88 Å². The van der Waals surface area contributed by atoms with Crippen LogP contribution in [0.2, 0.25) is 9.45 Å². The van der Waals surface area contributed by atoms with Crippen LogP contribution in [0.4, 0.5) is 0 Å². The molecule has 0 radical (unpaired) electrons. The number of hydrogen-bond acceptors (Lipinski definition) is 0. The second kappa shape index (κ2) is 7.74. The first-order valence-corrected chi connectivity index (χ1v) is 12.4. The number of halogens is 2. The standard InChI is InChI=1S/C9H7.C9H13.C2H4.2ClH.Ti/c1-2-5-9-7-3-6-8(9)4-1;1-2-3-6-9-7-4-5-8-9;1-2;;;/h1-7H;4,7H,2-3,5-6H2,1H3;1-2H2;2*1H;/q;;;;;+2/p-2.